The SMILES string of the molecule is O=Cc1cccc(CCc2nccc(C(F)(F)F)n2)c1. The number of rotatable bonds is 4. The lowest BCUT2D eigenvalue weighted by Crippen LogP contribution is -2.10. The number of carbonyl (C=O) groups excluding carboxylic acids is 1. The molecule has 6 heteroatoms. The number of benzene rings is 1. The summed E-state index contributed by atoms with van der Waals surface area (Å²) < 4.78 is 37.5. The minimum absolute atomic E-state index is 0.135. The number of aryl methyl sites for hydroxylation is 2. The van der Waals surface area contributed by atoms with E-state index in [0.29, 0.717) is 12.0 Å². The van der Waals surface area contributed by atoms with Gasteiger partial charge in [-0.3, -0.25) is 4.79 Å². The normalized spacial score (nSPS) is 11.3. The Morgan fingerprint density at radius 1 is 1.15 bits per heavy atom. The molecule has 0 bridgehead atoms. The van der Waals surface area contributed by atoms with Gasteiger partial charge in [0, 0.05) is 18.2 Å². The predicted molar refractivity (Wildman–Crippen MR) is 66.3 cm³/mol. The van der Waals surface area contributed by atoms with Crippen LogP contribution in [-0.2, 0) is 19.0 Å². The molecule has 1 aromatic heterocycles. The first-order valence-electron chi connectivity index (χ1n) is 5.92. The molecular formula is C14H11F3N2O. The van der Waals surface area contributed by atoms with E-state index in [-0.39, 0.29) is 12.2 Å². The summed E-state index contributed by atoms with van der Waals surface area (Å²) in [5, 5.41) is 0. The molecule has 3 nitrogen and oxygen atoms in total. The summed E-state index contributed by atoms with van der Waals surface area (Å²) >= 11 is 0. The zero-order chi connectivity index (χ0) is 14.6. The number of aromatic nitrogens is 2. The van der Waals surface area contributed by atoms with Gasteiger partial charge in [-0.1, -0.05) is 18.2 Å². The molecule has 20 heavy (non-hydrogen) atoms. The first-order chi connectivity index (χ1) is 9.49. The molecule has 0 saturated carbocycles. The fraction of sp³-hybridized carbons (Fsp3) is 0.214. The van der Waals surface area contributed by atoms with Crippen molar-refractivity contribution >= 4 is 6.29 Å². The second-order valence-corrected chi connectivity index (χ2v) is 4.22. The Bertz CT molecular complexity index is 611. The number of hydrogen-bond acceptors (Lipinski definition) is 3. The Morgan fingerprint density at radius 3 is 2.65 bits per heavy atom. The number of aldehydes is 1. The lowest BCUT2D eigenvalue weighted by Gasteiger charge is -2.07. The molecule has 0 N–H and O–H groups in total. The summed E-state index contributed by atoms with van der Waals surface area (Å²) in [6.07, 6.45) is -1.87. The minimum atomic E-state index is -4.46. The fourth-order valence-corrected chi connectivity index (χ4v) is 1.76. The number of nitrogens with zero attached hydrogens (tertiary/aromatic N) is 2. The van der Waals surface area contributed by atoms with Gasteiger partial charge in [0.2, 0.25) is 0 Å². The first-order valence-corrected chi connectivity index (χ1v) is 5.92. The van der Waals surface area contributed by atoms with E-state index in [9.17, 15) is 18.0 Å². The van der Waals surface area contributed by atoms with Crippen molar-refractivity contribution in [2.75, 3.05) is 0 Å². The Labute approximate surface area is 113 Å². The number of halogens is 3. The highest BCUT2D eigenvalue weighted by Gasteiger charge is 2.32. The van der Waals surface area contributed by atoms with Gasteiger partial charge in [0.15, 0.2) is 0 Å². The van der Waals surface area contributed by atoms with Crippen LogP contribution in [0.4, 0.5) is 13.2 Å². The second-order valence-electron chi connectivity index (χ2n) is 4.22. The summed E-state index contributed by atoms with van der Waals surface area (Å²) in [6, 6.07) is 7.74. The third kappa shape index (κ3) is 3.63. The molecule has 104 valence electrons. The van der Waals surface area contributed by atoms with E-state index in [2.05, 4.69) is 9.97 Å². The molecule has 0 fully saturated rings. The zero-order valence-corrected chi connectivity index (χ0v) is 10.4. The highest BCUT2D eigenvalue weighted by atomic mass is 19.4. The quantitative estimate of drug-likeness (QED) is 0.808. The average Bonchev–Trinajstić information content (AvgIpc) is 2.45. The maximum absolute atomic E-state index is 12.5. The lowest BCUT2D eigenvalue weighted by atomic mass is 10.1. The van der Waals surface area contributed by atoms with Crippen LogP contribution in [-0.4, -0.2) is 16.3 Å². The lowest BCUT2D eigenvalue weighted by molar-refractivity contribution is -0.141. The molecule has 0 aliphatic carbocycles. The third-order valence-electron chi connectivity index (χ3n) is 2.72. The average molecular weight is 280 g/mol. The van der Waals surface area contributed by atoms with E-state index in [0.717, 1.165) is 24.1 Å². The number of carbonyl (C=O) groups is 1. The summed E-state index contributed by atoms with van der Waals surface area (Å²) in [7, 11) is 0. The van der Waals surface area contributed by atoms with Gasteiger partial charge in [-0.05, 0) is 24.1 Å². The topological polar surface area (TPSA) is 42.9 Å². The Balaban J connectivity index is 2.09. The van der Waals surface area contributed by atoms with Crippen LogP contribution in [0.25, 0.3) is 0 Å². The van der Waals surface area contributed by atoms with Gasteiger partial charge >= 0.3 is 6.18 Å². The van der Waals surface area contributed by atoms with Gasteiger partial charge < -0.3 is 0 Å². The van der Waals surface area contributed by atoms with Gasteiger partial charge in [-0.15, -0.1) is 0 Å². The molecule has 0 radical (unpaired) electrons. The van der Waals surface area contributed by atoms with Crippen molar-refractivity contribution in [3.63, 3.8) is 0 Å². The molecule has 0 spiro atoms. The molecule has 0 atom stereocenters. The van der Waals surface area contributed by atoms with Crippen LogP contribution in [0.5, 0.6) is 0 Å². The van der Waals surface area contributed by atoms with Crippen LogP contribution < -0.4 is 0 Å². The summed E-state index contributed by atoms with van der Waals surface area (Å²) in [5.74, 6) is 0.135. The van der Waals surface area contributed by atoms with Crippen molar-refractivity contribution in [2.45, 2.75) is 19.0 Å². The monoisotopic (exact) mass is 280 g/mol. The van der Waals surface area contributed by atoms with Crippen molar-refractivity contribution in [1.29, 1.82) is 0 Å². The second kappa shape index (κ2) is 5.81. The molecule has 2 aromatic rings. The van der Waals surface area contributed by atoms with Crippen LogP contribution >= 0.6 is 0 Å². The van der Waals surface area contributed by atoms with Gasteiger partial charge in [-0.25, -0.2) is 9.97 Å². The Hall–Kier alpha value is -2.24. The summed E-state index contributed by atoms with van der Waals surface area (Å²) in [5.41, 5.74) is 0.451. The molecular weight excluding hydrogens is 269 g/mol. The molecule has 2 rings (SSSR count). The third-order valence-corrected chi connectivity index (χ3v) is 2.72. The van der Waals surface area contributed by atoms with E-state index in [1.165, 1.54) is 0 Å². The van der Waals surface area contributed by atoms with Crippen LogP contribution in [0, 0.1) is 0 Å². The van der Waals surface area contributed by atoms with Gasteiger partial charge in [0.05, 0.1) is 0 Å². The molecule has 0 aliphatic rings. The van der Waals surface area contributed by atoms with Crippen molar-refractivity contribution in [3.8, 4) is 0 Å². The number of hydrogen-bond donors (Lipinski definition) is 0. The predicted octanol–water partition coefficient (Wildman–Crippen LogP) is 3.09. The van der Waals surface area contributed by atoms with E-state index >= 15 is 0 Å². The number of alkyl halides is 3. The van der Waals surface area contributed by atoms with Crippen molar-refractivity contribution in [3.05, 3.63) is 59.2 Å². The molecule has 0 aliphatic heterocycles. The first kappa shape index (κ1) is 14.2. The van der Waals surface area contributed by atoms with Gasteiger partial charge in [-0.2, -0.15) is 13.2 Å². The maximum Gasteiger partial charge on any atom is 0.433 e. The van der Waals surface area contributed by atoms with E-state index in [1.807, 2.05) is 0 Å². The van der Waals surface area contributed by atoms with Crippen LogP contribution in [0.15, 0.2) is 36.5 Å². The summed E-state index contributed by atoms with van der Waals surface area (Å²) in [6.45, 7) is 0. The largest absolute Gasteiger partial charge is 0.433 e. The zero-order valence-electron chi connectivity index (χ0n) is 10.4. The maximum atomic E-state index is 12.5. The van der Waals surface area contributed by atoms with Crippen LogP contribution in [0.2, 0.25) is 0 Å². The van der Waals surface area contributed by atoms with Crippen molar-refractivity contribution in [1.82, 2.24) is 9.97 Å². The molecule has 1 heterocycles. The summed E-state index contributed by atoms with van der Waals surface area (Å²) in [4.78, 5) is 18.0. The van der Waals surface area contributed by atoms with E-state index in [4.69, 9.17) is 0 Å². The van der Waals surface area contributed by atoms with Crippen LogP contribution in [0.1, 0.15) is 27.4 Å². The molecule has 0 saturated heterocycles. The highest BCUT2D eigenvalue weighted by Crippen LogP contribution is 2.27. The Kier molecular flexibility index (Phi) is 4.12. The van der Waals surface area contributed by atoms with E-state index in [1.54, 1.807) is 24.3 Å². The van der Waals surface area contributed by atoms with Crippen molar-refractivity contribution < 1.29 is 18.0 Å². The Morgan fingerprint density at radius 2 is 1.95 bits per heavy atom. The standard InChI is InChI=1S/C14H11F3N2O/c15-14(16,17)12-6-7-18-13(19-12)5-4-10-2-1-3-11(8-10)9-20/h1-3,6-9H,4-5H2. The van der Waals surface area contributed by atoms with E-state index < -0.39 is 11.9 Å². The van der Waals surface area contributed by atoms with Gasteiger partial charge in [0.25, 0.3) is 0 Å². The molecule has 1 aromatic carbocycles. The minimum Gasteiger partial charge on any atom is -0.298 e. The van der Waals surface area contributed by atoms with Crippen LogP contribution in [0.3, 0.4) is 0 Å². The highest BCUT2D eigenvalue weighted by molar-refractivity contribution is 5.74. The smallest absolute Gasteiger partial charge is 0.298 e. The molecule has 0 amide bonds. The molecule has 0 unspecified atom stereocenters. The fourth-order valence-electron chi connectivity index (χ4n) is 1.76. The van der Waals surface area contributed by atoms with Gasteiger partial charge in [0.1, 0.15) is 17.8 Å². The van der Waals surface area contributed by atoms with Crippen molar-refractivity contribution in [2.24, 2.45) is 0 Å².